The third kappa shape index (κ3) is 3.27. The second-order valence-corrected chi connectivity index (χ2v) is 7.08. The van der Waals surface area contributed by atoms with E-state index in [9.17, 15) is 9.90 Å². The van der Waals surface area contributed by atoms with Crippen LogP contribution in [0.4, 0.5) is 0 Å². The molecule has 1 aromatic carbocycles. The van der Waals surface area contributed by atoms with Crippen LogP contribution in [0.2, 0.25) is 5.02 Å². The Hall–Kier alpha value is -0.650. The number of carboxylic acid groups (broad SMARTS) is 1. The van der Waals surface area contributed by atoms with Crippen molar-refractivity contribution in [3.8, 4) is 0 Å². The molecule has 1 heterocycles. The Balaban J connectivity index is 2.30. The van der Waals surface area contributed by atoms with Crippen molar-refractivity contribution in [2.75, 3.05) is 6.54 Å². The quantitative estimate of drug-likeness (QED) is 0.651. The van der Waals surface area contributed by atoms with Crippen LogP contribution in [0.15, 0.2) is 34.9 Å². The topological polar surface area (TPSA) is 40.5 Å². The first-order valence-electron chi connectivity index (χ1n) is 5.81. The predicted octanol–water partition coefficient (Wildman–Crippen LogP) is 3.93. The lowest BCUT2D eigenvalue weighted by Gasteiger charge is -2.23. The summed E-state index contributed by atoms with van der Waals surface area (Å²) in [7, 11) is 0. The van der Waals surface area contributed by atoms with Crippen LogP contribution in [0.1, 0.15) is 12.5 Å². The zero-order valence-corrected chi connectivity index (χ0v) is 13.4. The molecule has 0 saturated heterocycles. The Labute approximate surface area is 129 Å². The highest BCUT2D eigenvalue weighted by Crippen LogP contribution is 2.42. The molecule has 1 atom stereocenters. The third-order valence-electron chi connectivity index (χ3n) is 2.89. The summed E-state index contributed by atoms with van der Waals surface area (Å²) in [5, 5.41) is 9.97. The van der Waals surface area contributed by atoms with Gasteiger partial charge in [0.2, 0.25) is 0 Å². The van der Waals surface area contributed by atoms with E-state index in [4.69, 9.17) is 11.6 Å². The summed E-state index contributed by atoms with van der Waals surface area (Å²) >= 11 is 10.7. The number of carboxylic acids is 1. The van der Waals surface area contributed by atoms with Gasteiger partial charge in [-0.2, -0.15) is 0 Å². The van der Waals surface area contributed by atoms with Gasteiger partial charge in [0.15, 0.2) is 0 Å². The fourth-order valence-corrected chi connectivity index (χ4v) is 4.22. The summed E-state index contributed by atoms with van der Waals surface area (Å²) in [4.78, 5) is 13.8. The zero-order valence-electron chi connectivity index (χ0n) is 10.3. The summed E-state index contributed by atoms with van der Waals surface area (Å²) in [5.74, 6) is -0.866. The van der Waals surface area contributed by atoms with E-state index in [-0.39, 0.29) is 4.28 Å². The fraction of sp³-hybridized carbons (Fsp3) is 0.308. The Morgan fingerprint density at radius 3 is 2.63 bits per heavy atom. The van der Waals surface area contributed by atoms with Crippen LogP contribution in [0.5, 0.6) is 0 Å². The van der Waals surface area contributed by atoms with E-state index in [1.54, 1.807) is 0 Å². The molecule has 102 valence electrons. The molecule has 1 aliphatic heterocycles. The number of rotatable bonds is 4. The van der Waals surface area contributed by atoms with Crippen LogP contribution < -0.4 is 0 Å². The number of likely N-dealkylation sites (N-methyl/N-ethyl adjacent to an activating group) is 1. The van der Waals surface area contributed by atoms with Crippen molar-refractivity contribution in [1.29, 1.82) is 0 Å². The van der Waals surface area contributed by atoms with Gasteiger partial charge in [-0.25, -0.2) is 4.79 Å². The largest absolute Gasteiger partial charge is 0.477 e. The first kappa shape index (κ1) is 14.8. The lowest BCUT2D eigenvalue weighted by atomic mass is 10.1. The molecule has 1 unspecified atom stereocenters. The molecule has 19 heavy (non-hydrogen) atoms. The van der Waals surface area contributed by atoms with Crippen LogP contribution in [0.3, 0.4) is 0 Å². The standard InChI is InChI=1S/C13H13BrClNO2S/c1-2-16-10(11(12(17)18)19-13(16)14)7-8-3-5-9(15)6-4-8/h3-6,13H,2,7H2,1H3,(H,17,18). The Bertz CT molecular complexity index is 518. The molecule has 1 aliphatic rings. The Morgan fingerprint density at radius 1 is 1.47 bits per heavy atom. The number of nitrogens with zero attached hydrogens (tertiary/aromatic N) is 1. The van der Waals surface area contributed by atoms with Crippen molar-refractivity contribution in [3.05, 3.63) is 45.5 Å². The number of aliphatic carboxylic acids is 1. The second kappa shape index (κ2) is 6.20. The Morgan fingerprint density at radius 2 is 2.11 bits per heavy atom. The molecule has 3 nitrogen and oxygen atoms in total. The number of hydrogen-bond acceptors (Lipinski definition) is 3. The van der Waals surface area contributed by atoms with Crippen molar-refractivity contribution in [3.63, 3.8) is 0 Å². The monoisotopic (exact) mass is 361 g/mol. The van der Waals surface area contributed by atoms with Crippen molar-refractivity contribution in [2.45, 2.75) is 17.6 Å². The minimum atomic E-state index is -0.866. The van der Waals surface area contributed by atoms with Crippen LogP contribution in [-0.4, -0.2) is 26.8 Å². The molecule has 1 aromatic rings. The van der Waals surface area contributed by atoms with Gasteiger partial charge in [-0.3, -0.25) is 0 Å². The normalized spacial score (nSPS) is 19.1. The van der Waals surface area contributed by atoms with Gasteiger partial charge in [0.05, 0.1) is 0 Å². The molecule has 1 N–H and O–H groups in total. The van der Waals surface area contributed by atoms with Crippen LogP contribution in [0.25, 0.3) is 0 Å². The molecule has 0 spiro atoms. The Kier molecular flexibility index (Phi) is 4.81. The van der Waals surface area contributed by atoms with Gasteiger partial charge in [-0.15, -0.1) is 0 Å². The molecule has 0 amide bonds. The summed E-state index contributed by atoms with van der Waals surface area (Å²) < 4.78 is -0.00843. The van der Waals surface area contributed by atoms with E-state index in [1.165, 1.54) is 11.8 Å². The third-order valence-corrected chi connectivity index (χ3v) is 5.29. The summed E-state index contributed by atoms with van der Waals surface area (Å²) in [6.07, 6.45) is 0.599. The number of benzene rings is 1. The average molecular weight is 363 g/mol. The van der Waals surface area contributed by atoms with Gasteiger partial charge in [0.1, 0.15) is 9.19 Å². The average Bonchev–Trinajstić information content (AvgIpc) is 2.68. The summed E-state index contributed by atoms with van der Waals surface area (Å²) in [6, 6.07) is 7.49. The highest BCUT2D eigenvalue weighted by atomic mass is 79.9. The van der Waals surface area contributed by atoms with Crippen molar-refractivity contribution < 1.29 is 9.90 Å². The van der Waals surface area contributed by atoms with Gasteiger partial charge < -0.3 is 10.0 Å². The molecule has 2 rings (SSSR count). The lowest BCUT2D eigenvalue weighted by molar-refractivity contribution is -0.131. The van der Waals surface area contributed by atoms with Gasteiger partial charge >= 0.3 is 5.97 Å². The van der Waals surface area contributed by atoms with Crippen LogP contribution in [0, 0.1) is 0 Å². The van der Waals surface area contributed by atoms with E-state index in [1.807, 2.05) is 31.2 Å². The molecule has 0 fully saturated rings. The highest BCUT2D eigenvalue weighted by Gasteiger charge is 2.33. The van der Waals surface area contributed by atoms with E-state index in [0.717, 1.165) is 17.8 Å². The maximum Gasteiger partial charge on any atom is 0.344 e. The predicted molar refractivity (Wildman–Crippen MR) is 82.5 cm³/mol. The van der Waals surface area contributed by atoms with Gasteiger partial charge in [-0.05, 0) is 24.6 Å². The number of thioether (sulfide) groups is 1. The SMILES string of the molecule is CCN1C(Cc2ccc(Cl)cc2)=C(C(=O)O)SC1Br. The molecule has 6 heteroatoms. The molecular formula is C13H13BrClNO2S. The van der Waals surface area contributed by atoms with E-state index < -0.39 is 5.97 Å². The molecular weight excluding hydrogens is 350 g/mol. The minimum absolute atomic E-state index is 0.00843. The first-order valence-corrected chi connectivity index (χ1v) is 7.98. The molecule has 0 saturated carbocycles. The van der Waals surface area contributed by atoms with Crippen LogP contribution >= 0.6 is 39.3 Å². The highest BCUT2D eigenvalue weighted by molar-refractivity contribution is 9.11. The van der Waals surface area contributed by atoms with Crippen molar-refractivity contribution in [1.82, 2.24) is 4.90 Å². The molecule has 0 aromatic heterocycles. The van der Waals surface area contributed by atoms with E-state index in [0.29, 0.717) is 16.3 Å². The van der Waals surface area contributed by atoms with Crippen molar-refractivity contribution in [2.24, 2.45) is 0 Å². The molecule has 0 bridgehead atoms. The maximum atomic E-state index is 11.3. The lowest BCUT2D eigenvalue weighted by Crippen LogP contribution is -2.25. The minimum Gasteiger partial charge on any atom is -0.477 e. The number of halogens is 2. The first-order chi connectivity index (χ1) is 9.02. The second-order valence-electron chi connectivity index (χ2n) is 4.08. The maximum absolute atomic E-state index is 11.3. The van der Waals surface area contributed by atoms with Crippen molar-refractivity contribution >= 4 is 45.3 Å². The smallest absolute Gasteiger partial charge is 0.344 e. The van der Waals surface area contributed by atoms with Crippen LogP contribution in [-0.2, 0) is 11.2 Å². The number of carbonyl (C=O) groups is 1. The van der Waals surface area contributed by atoms with Gasteiger partial charge in [0, 0.05) is 23.7 Å². The summed E-state index contributed by atoms with van der Waals surface area (Å²) in [5.41, 5.74) is 1.91. The number of allylic oxidation sites excluding steroid dienone is 1. The van der Waals surface area contributed by atoms with Gasteiger partial charge in [-0.1, -0.05) is 51.4 Å². The number of hydrogen-bond donors (Lipinski definition) is 1. The summed E-state index contributed by atoms with van der Waals surface area (Å²) in [6.45, 7) is 2.78. The fourth-order valence-electron chi connectivity index (χ4n) is 1.97. The molecule has 0 radical (unpaired) electrons. The van der Waals surface area contributed by atoms with E-state index >= 15 is 0 Å². The molecule has 0 aliphatic carbocycles. The zero-order chi connectivity index (χ0) is 14.0. The number of alkyl halides is 1. The van der Waals surface area contributed by atoms with E-state index in [2.05, 4.69) is 20.8 Å². The van der Waals surface area contributed by atoms with Gasteiger partial charge in [0.25, 0.3) is 0 Å².